The molecule has 27 heavy (non-hydrogen) atoms. The summed E-state index contributed by atoms with van der Waals surface area (Å²) in [6.07, 6.45) is 4.98. The molecule has 0 amide bonds. The monoisotopic (exact) mass is 381 g/mol. The third-order valence-corrected chi connectivity index (χ3v) is 5.67. The molecule has 0 radical (unpaired) electrons. The molecule has 0 spiro atoms. The van der Waals surface area contributed by atoms with E-state index in [0.717, 1.165) is 20.9 Å². The number of aliphatic hydroxyl groups is 1. The number of aryl methyl sites for hydroxylation is 1. The molecule has 0 heterocycles. The van der Waals surface area contributed by atoms with Gasteiger partial charge in [0, 0.05) is 16.9 Å². The van der Waals surface area contributed by atoms with E-state index < -0.39 is 0 Å². The fourth-order valence-corrected chi connectivity index (χ4v) is 3.75. The van der Waals surface area contributed by atoms with Crippen LogP contribution in [0.4, 0.5) is 4.39 Å². The third-order valence-electron chi connectivity index (χ3n) is 4.40. The van der Waals surface area contributed by atoms with Crippen LogP contribution in [0.2, 0.25) is 0 Å². The molecule has 0 saturated carbocycles. The number of nitriles is 1. The lowest BCUT2D eigenvalue weighted by Gasteiger charge is -2.15. The Morgan fingerprint density at radius 1 is 1.15 bits per heavy atom. The topological polar surface area (TPSA) is 44.0 Å². The third kappa shape index (κ3) is 5.09. The maximum Gasteiger partial charge on any atom is 0.134 e. The number of hydrogen-bond acceptors (Lipinski definition) is 3. The van der Waals surface area contributed by atoms with E-state index in [9.17, 15) is 5.11 Å². The smallest absolute Gasteiger partial charge is 0.134 e. The number of aliphatic hydroxyl groups excluding tert-OH is 1. The van der Waals surface area contributed by atoms with Crippen molar-refractivity contribution in [2.45, 2.75) is 33.6 Å². The Morgan fingerprint density at radius 2 is 1.85 bits per heavy atom. The van der Waals surface area contributed by atoms with Crippen molar-refractivity contribution in [1.82, 2.24) is 0 Å². The fourth-order valence-electron chi connectivity index (χ4n) is 2.88. The van der Waals surface area contributed by atoms with Crippen molar-refractivity contribution in [3.05, 3.63) is 80.9 Å². The minimum Gasteiger partial charge on any atom is -0.391 e. The summed E-state index contributed by atoms with van der Waals surface area (Å²) < 4.78 is 15.5. The van der Waals surface area contributed by atoms with Crippen LogP contribution >= 0.6 is 11.8 Å². The Morgan fingerprint density at radius 3 is 2.44 bits per heavy atom. The Labute approximate surface area is 165 Å². The number of hydrogen-bond donors (Lipinski definition) is 1. The lowest BCUT2D eigenvalue weighted by Crippen LogP contribution is -2.00. The van der Waals surface area contributed by atoms with Crippen molar-refractivity contribution < 1.29 is 9.50 Å². The van der Waals surface area contributed by atoms with Crippen LogP contribution in [0.1, 0.15) is 37.5 Å². The van der Waals surface area contributed by atoms with Crippen molar-refractivity contribution in [2.75, 3.05) is 6.61 Å². The van der Waals surface area contributed by atoms with Crippen molar-refractivity contribution in [2.24, 2.45) is 0 Å². The number of nitrogens with zero attached hydrogens (tertiary/aromatic N) is 1. The molecule has 4 heteroatoms. The highest BCUT2D eigenvalue weighted by atomic mass is 32.2. The maximum atomic E-state index is 15.5. The summed E-state index contributed by atoms with van der Waals surface area (Å²) in [6, 6.07) is 13.0. The van der Waals surface area contributed by atoms with Gasteiger partial charge < -0.3 is 5.11 Å². The standard InChI is InChI=1S/C23H24FNOS/c1-4-17-10-11-19(13-20(5-2)27-21(6-3)15-26)23(24)22(17)18-9-7-8-16(12-18)14-25/h5-12,26H,4,13,15H2,1-3H3/b20-5-,21-6-. The molecule has 0 aliphatic heterocycles. The minimum absolute atomic E-state index is 0.0258. The van der Waals surface area contributed by atoms with Gasteiger partial charge in [0.15, 0.2) is 0 Å². The summed E-state index contributed by atoms with van der Waals surface area (Å²) in [7, 11) is 0. The van der Waals surface area contributed by atoms with Crippen LogP contribution in [0.25, 0.3) is 11.1 Å². The number of thioether (sulfide) groups is 1. The molecule has 0 bridgehead atoms. The van der Waals surface area contributed by atoms with Gasteiger partial charge in [-0.05, 0) is 54.0 Å². The number of rotatable bonds is 7. The van der Waals surface area contributed by atoms with Gasteiger partial charge >= 0.3 is 0 Å². The molecule has 0 atom stereocenters. The highest BCUT2D eigenvalue weighted by Gasteiger charge is 2.16. The summed E-state index contributed by atoms with van der Waals surface area (Å²) in [5.41, 5.74) is 3.35. The second kappa shape index (κ2) is 10.1. The summed E-state index contributed by atoms with van der Waals surface area (Å²) in [6.45, 7) is 5.77. The van der Waals surface area contributed by atoms with Crippen LogP contribution in [0.15, 0.2) is 58.4 Å². The molecule has 0 aliphatic rings. The van der Waals surface area contributed by atoms with E-state index in [1.165, 1.54) is 11.8 Å². The van der Waals surface area contributed by atoms with Crippen LogP contribution in [0.5, 0.6) is 0 Å². The number of benzene rings is 2. The Kier molecular flexibility index (Phi) is 7.84. The van der Waals surface area contributed by atoms with Gasteiger partial charge in [-0.1, -0.05) is 55.1 Å². The SMILES string of the molecule is C/C=C(/CO)S/C(=C\C)Cc1ccc(CC)c(-c2cccc(C#N)c2)c1F. The zero-order valence-corrected chi connectivity index (χ0v) is 16.7. The van der Waals surface area contributed by atoms with Crippen LogP contribution in [-0.2, 0) is 12.8 Å². The molecule has 2 rings (SSSR count). The zero-order chi connectivity index (χ0) is 19.8. The van der Waals surface area contributed by atoms with E-state index >= 15 is 4.39 Å². The first-order valence-electron chi connectivity index (χ1n) is 8.97. The lowest BCUT2D eigenvalue weighted by atomic mass is 9.93. The van der Waals surface area contributed by atoms with Gasteiger partial charge in [-0.2, -0.15) is 5.26 Å². The van der Waals surface area contributed by atoms with Gasteiger partial charge in [-0.3, -0.25) is 0 Å². The first-order valence-corrected chi connectivity index (χ1v) is 9.79. The Bertz CT molecular complexity index is 909. The van der Waals surface area contributed by atoms with E-state index in [4.69, 9.17) is 5.26 Å². The molecule has 1 N–H and O–H groups in total. The van der Waals surface area contributed by atoms with E-state index in [2.05, 4.69) is 6.07 Å². The average molecular weight is 382 g/mol. The van der Waals surface area contributed by atoms with E-state index in [0.29, 0.717) is 29.5 Å². The maximum absolute atomic E-state index is 15.5. The van der Waals surface area contributed by atoms with Crippen LogP contribution in [-0.4, -0.2) is 11.7 Å². The number of allylic oxidation sites excluding steroid dienone is 3. The van der Waals surface area contributed by atoms with Crippen LogP contribution in [0.3, 0.4) is 0 Å². The minimum atomic E-state index is -0.240. The highest BCUT2D eigenvalue weighted by molar-refractivity contribution is 8.06. The lowest BCUT2D eigenvalue weighted by molar-refractivity contribution is 0.339. The number of halogens is 1. The Hall–Kier alpha value is -2.35. The average Bonchev–Trinajstić information content (AvgIpc) is 2.71. The molecule has 0 saturated heterocycles. The summed E-state index contributed by atoms with van der Waals surface area (Å²) >= 11 is 1.47. The van der Waals surface area contributed by atoms with Crippen molar-refractivity contribution in [1.29, 1.82) is 5.26 Å². The molecule has 140 valence electrons. The second-order valence-electron chi connectivity index (χ2n) is 6.07. The molecule has 2 aromatic rings. The molecule has 0 aliphatic carbocycles. The molecular weight excluding hydrogens is 357 g/mol. The van der Waals surface area contributed by atoms with Gasteiger partial charge in [0.2, 0.25) is 0 Å². The first-order chi connectivity index (χ1) is 13.1. The molecule has 0 aromatic heterocycles. The Balaban J connectivity index is 2.47. The van der Waals surface area contributed by atoms with Gasteiger partial charge in [0.25, 0.3) is 0 Å². The molecule has 2 aromatic carbocycles. The molecule has 2 nitrogen and oxygen atoms in total. The predicted octanol–water partition coefficient (Wildman–Crippen LogP) is 6.00. The van der Waals surface area contributed by atoms with E-state index in [1.54, 1.807) is 18.2 Å². The normalized spacial score (nSPS) is 12.1. The second-order valence-corrected chi connectivity index (χ2v) is 7.32. The summed E-state index contributed by atoms with van der Waals surface area (Å²) in [5, 5.41) is 18.5. The van der Waals surface area contributed by atoms with Gasteiger partial charge in [0.1, 0.15) is 5.82 Å². The summed E-state index contributed by atoms with van der Waals surface area (Å²) in [5.74, 6) is -0.240. The molecular formula is C23H24FNOS. The van der Waals surface area contributed by atoms with Crippen LogP contribution < -0.4 is 0 Å². The molecule has 0 fully saturated rings. The van der Waals surface area contributed by atoms with Crippen molar-refractivity contribution in [3.63, 3.8) is 0 Å². The predicted molar refractivity (Wildman–Crippen MR) is 112 cm³/mol. The fraction of sp³-hybridized carbons (Fsp3) is 0.261. The molecule has 0 unspecified atom stereocenters. The van der Waals surface area contributed by atoms with Gasteiger partial charge in [-0.15, -0.1) is 0 Å². The van der Waals surface area contributed by atoms with Gasteiger partial charge in [0.05, 0.1) is 18.2 Å². The largest absolute Gasteiger partial charge is 0.391 e. The quantitative estimate of drug-likeness (QED) is 0.639. The highest BCUT2D eigenvalue weighted by Crippen LogP contribution is 2.34. The summed E-state index contributed by atoms with van der Waals surface area (Å²) in [4.78, 5) is 1.83. The van der Waals surface area contributed by atoms with E-state index in [1.807, 2.05) is 51.1 Å². The van der Waals surface area contributed by atoms with Crippen molar-refractivity contribution in [3.8, 4) is 17.2 Å². The van der Waals surface area contributed by atoms with E-state index in [-0.39, 0.29) is 12.4 Å². The van der Waals surface area contributed by atoms with Crippen molar-refractivity contribution >= 4 is 11.8 Å². The first kappa shape index (κ1) is 21.0. The van der Waals surface area contributed by atoms with Crippen LogP contribution in [0, 0.1) is 17.1 Å². The van der Waals surface area contributed by atoms with Gasteiger partial charge in [-0.25, -0.2) is 4.39 Å². The zero-order valence-electron chi connectivity index (χ0n) is 15.9.